The summed E-state index contributed by atoms with van der Waals surface area (Å²) in [6.45, 7) is 2.32. The van der Waals surface area contributed by atoms with Gasteiger partial charge in [0.1, 0.15) is 5.82 Å². The summed E-state index contributed by atoms with van der Waals surface area (Å²) in [6.07, 6.45) is 7.09. The van der Waals surface area contributed by atoms with E-state index in [0.29, 0.717) is 6.04 Å². The molecule has 1 aliphatic rings. The van der Waals surface area contributed by atoms with Crippen molar-refractivity contribution in [2.24, 2.45) is 5.92 Å². The van der Waals surface area contributed by atoms with Crippen molar-refractivity contribution in [3.05, 3.63) is 12.3 Å². The van der Waals surface area contributed by atoms with E-state index in [-0.39, 0.29) is 0 Å². The van der Waals surface area contributed by atoms with E-state index in [4.69, 9.17) is 0 Å². The van der Waals surface area contributed by atoms with Gasteiger partial charge in [0.05, 0.1) is 0 Å². The number of nitrogens with one attached hydrogen (secondary N) is 1. The molecule has 1 aromatic heterocycles. The van der Waals surface area contributed by atoms with Crippen molar-refractivity contribution in [2.75, 3.05) is 24.3 Å². The minimum Gasteiger partial charge on any atom is -0.367 e. The second-order valence-electron chi connectivity index (χ2n) is 5.15. The highest BCUT2D eigenvalue weighted by Crippen LogP contribution is 2.26. The van der Waals surface area contributed by atoms with Gasteiger partial charge in [-0.05, 0) is 24.8 Å². The smallest absolute Gasteiger partial charge is 0.226 e. The summed E-state index contributed by atoms with van der Waals surface area (Å²) in [5, 5.41) is 3.55. The summed E-state index contributed by atoms with van der Waals surface area (Å²) in [6, 6.07) is 2.52. The van der Waals surface area contributed by atoms with E-state index in [1.807, 2.05) is 31.3 Å². The molecule has 2 atom stereocenters. The molecule has 17 heavy (non-hydrogen) atoms. The molecule has 1 N–H and O–H groups in total. The Balaban J connectivity index is 2.04. The van der Waals surface area contributed by atoms with Gasteiger partial charge in [0.25, 0.3) is 0 Å². The van der Waals surface area contributed by atoms with Gasteiger partial charge in [0, 0.05) is 26.3 Å². The Kier molecular flexibility index (Phi) is 3.82. The van der Waals surface area contributed by atoms with Crippen LogP contribution in [0.5, 0.6) is 0 Å². The molecular formula is C13H22N4. The number of hydrogen-bond acceptors (Lipinski definition) is 4. The highest BCUT2D eigenvalue weighted by atomic mass is 15.2. The number of aromatic nitrogens is 2. The maximum atomic E-state index is 4.50. The predicted molar refractivity (Wildman–Crippen MR) is 71.4 cm³/mol. The Bertz CT molecular complexity index is 364. The van der Waals surface area contributed by atoms with Gasteiger partial charge in [-0.3, -0.25) is 0 Å². The van der Waals surface area contributed by atoms with Gasteiger partial charge >= 0.3 is 0 Å². The van der Waals surface area contributed by atoms with Crippen LogP contribution in [0.25, 0.3) is 0 Å². The fourth-order valence-corrected chi connectivity index (χ4v) is 2.36. The Morgan fingerprint density at radius 3 is 2.76 bits per heavy atom. The van der Waals surface area contributed by atoms with E-state index in [1.165, 1.54) is 25.7 Å². The maximum Gasteiger partial charge on any atom is 0.226 e. The van der Waals surface area contributed by atoms with Crippen molar-refractivity contribution in [3.8, 4) is 0 Å². The summed E-state index contributed by atoms with van der Waals surface area (Å²) < 4.78 is 0. The molecule has 1 aliphatic carbocycles. The first-order valence-electron chi connectivity index (χ1n) is 6.43. The van der Waals surface area contributed by atoms with Crippen LogP contribution in [-0.4, -0.2) is 30.1 Å². The lowest BCUT2D eigenvalue weighted by Crippen LogP contribution is -2.30. The Labute approximate surface area is 103 Å². The van der Waals surface area contributed by atoms with Gasteiger partial charge in [-0.15, -0.1) is 0 Å². The first-order chi connectivity index (χ1) is 8.16. The quantitative estimate of drug-likeness (QED) is 0.872. The summed E-state index contributed by atoms with van der Waals surface area (Å²) in [5.74, 6) is 2.45. The zero-order valence-electron chi connectivity index (χ0n) is 11.0. The average molecular weight is 234 g/mol. The monoisotopic (exact) mass is 234 g/mol. The van der Waals surface area contributed by atoms with Gasteiger partial charge in [-0.25, -0.2) is 4.98 Å². The molecule has 0 aromatic carbocycles. The summed E-state index contributed by atoms with van der Waals surface area (Å²) >= 11 is 0. The Morgan fingerprint density at radius 1 is 1.29 bits per heavy atom. The third-order valence-electron chi connectivity index (χ3n) is 3.49. The van der Waals surface area contributed by atoms with Crippen LogP contribution in [-0.2, 0) is 0 Å². The van der Waals surface area contributed by atoms with Crippen LogP contribution in [0.1, 0.15) is 32.6 Å². The van der Waals surface area contributed by atoms with Crippen molar-refractivity contribution in [2.45, 2.75) is 38.6 Å². The molecule has 4 heteroatoms. The lowest BCUT2D eigenvalue weighted by molar-refractivity contribution is 0.349. The molecule has 0 amide bonds. The largest absolute Gasteiger partial charge is 0.367 e. The lowest BCUT2D eigenvalue weighted by Gasteiger charge is -2.30. The normalized spacial score (nSPS) is 24.4. The fraction of sp³-hybridized carbons (Fsp3) is 0.692. The Hall–Kier alpha value is -1.32. The van der Waals surface area contributed by atoms with Gasteiger partial charge < -0.3 is 10.2 Å². The molecule has 94 valence electrons. The van der Waals surface area contributed by atoms with Crippen LogP contribution in [0, 0.1) is 5.92 Å². The molecule has 2 rings (SSSR count). The van der Waals surface area contributed by atoms with E-state index in [0.717, 1.165) is 17.7 Å². The molecule has 0 aliphatic heterocycles. The van der Waals surface area contributed by atoms with Gasteiger partial charge in [-0.2, -0.15) is 4.98 Å². The van der Waals surface area contributed by atoms with Crippen molar-refractivity contribution >= 4 is 11.8 Å². The number of anilines is 2. The minimum atomic E-state index is 0.564. The van der Waals surface area contributed by atoms with Crippen molar-refractivity contribution in [3.63, 3.8) is 0 Å². The lowest BCUT2D eigenvalue weighted by atomic mass is 9.86. The first kappa shape index (κ1) is 12.1. The second kappa shape index (κ2) is 5.34. The standard InChI is InChI=1S/C13H22N4/c1-10-6-4-5-7-11(10)15-12-8-9-14-13(16-12)17(2)3/h8-11H,4-7H2,1-3H3,(H,14,15,16). The van der Waals surface area contributed by atoms with Crippen LogP contribution >= 0.6 is 0 Å². The highest BCUT2D eigenvalue weighted by Gasteiger charge is 2.21. The van der Waals surface area contributed by atoms with Crippen molar-refractivity contribution in [1.29, 1.82) is 0 Å². The minimum absolute atomic E-state index is 0.564. The number of rotatable bonds is 3. The number of nitrogens with zero attached hydrogens (tertiary/aromatic N) is 3. The molecule has 0 saturated heterocycles. The maximum absolute atomic E-state index is 4.50. The predicted octanol–water partition coefficient (Wildman–Crippen LogP) is 2.53. The van der Waals surface area contributed by atoms with Crippen molar-refractivity contribution in [1.82, 2.24) is 9.97 Å². The fourth-order valence-electron chi connectivity index (χ4n) is 2.36. The van der Waals surface area contributed by atoms with Crippen LogP contribution < -0.4 is 10.2 Å². The van der Waals surface area contributed by atoms with Gasteiger partial charge in [0.15, 0.2) is 0 Å². The number of hydrogen-bond donors (Lipinski definition) is 1. The molecule has 1 saturated carbocycles. The third kappa shape index (κ3) is 3.08. The van der Waals surface area contributed by atoms with Crippen LogP contribution in [0.4, 0.5) is 11.8 Å². The third-order valence-corrected chi connectivity index (χ3v) is 3.49. The second-order valence-corrected chi connectivity index (χ2v) is 5.15. The molecule has 4 nitrogen and oxygen atoms in total. The summed E-state index contributed by atoms with van der Waals surface area (Å²) in [7, 11) is 3.92. The van der Waals surface area contributed by atoms with Gasteiger partial charge in [-0.1, -0.05) is 19.8 Å². The van der Waals surface area contributed by atoms with E-state index >= 15 is 0 Å². The molecule has 2 unspecified atom stereocenters. The molecule has 1 heterocycles. The zero-order chi connectivity index (χ0) is 12.3. The van der Waals surface area contributed by atoms with Gasteiger partial charge in [0.2, 0.25) is 5.95 Å². The topological polar surface area (TPSA) is 41.1 Å². The average Bonchev–Trinajstić information content (AvgIpc) is 2.32. The molecule has 0 bridgehead atoms. The van der Waals surface area contributed by atoms with E-state index < -0.39 is 0 Å². The molecule has 1 aromatic rings. The van der Waals surface area contributed by atoms with E-state index in [1.54, 1.807) is 0 Å². The van der Waals surface area contributed by atoms with Crippen LogP contribution in [0.15, 0.2) is 12.3 Å². The molecule has 1 fully saturated rings. The summed E-state index contributed by atoms with van der Waals surface area (Å²) in [5.41, 5.74) is 0. The first-order valence-corrected chi connectivity index (χ1v) is 6.43. The van der Waals surface area contributed by atoms with E-state index in [2.05, 4.69) is 22.2 Å². The molecule has 0 radical (unpaired) electrons. The molecule has 0 spiro atoms. The van der Waals surface area contributed by atoms with Crippen molar-refractivity contribution < 1.29 is 0 Å². The van der Waals surface area contributed by atoms with Crippen LogP contribution in [0.2, 0.25) is 0 Å². The van der Waals surface area contributed by atoms with E-state index in [9.17, 15) is 0 Å². The SMILES string of the molecule is CC1CCCCC1Nc1ccnc(N(C)C)n1. The summed E-state index contributed by atoms with van der Waals surface area (Å²) in [4.78, 5) is 10.7. The zero-order valence-corrected chi connectivity index (χ0v) is 11.0. The highest BCUT2D eigenvalue weighted by molar-refractivity contribution is 5.41. The van der Waals surface area contributed by atoms with Crippen LogP contribution in [0.3, 0.4) is 0 Å². The molecular weight excluding hydrogens is 212 g/mol. The Morgan fingerprint density at radius 2 is 2.06 bits per heavy atom.